The summed E-state index contributed by atoms with van der Waals surface area (Å²) >= 11 is 0. The molecule has 0 unspecified atom stereocenters. The molecule has 0 spiro atoms. The monoisotopic (exact) mass is 319 g/mol. The van der Waals surface area contributed by atoms with E-state index in [2.05, 4.69) is 0 Å². The number of ether oxygens (including phenoxy) is 2. The number of nitrogens with two attached hydrogens (primary N) is 2. The molecule has 0 aromatic heterocycles. The van der Waals surface area contributed by atoms with Crippen LogP contribution in [0.5, 0.6) is 0 Å². The summed E-state index contributed by atoms with van der Waals surface area (Å²) in [4.78, 5) is 37.9. The van der Waals surface area contributed by atoms with Crippen LogP contribution in [0, 0.1) is 17.8 Å². The van der Waals surface area contributed by atoms with Crippen molar-refractivity contribution < 1.29 is 23.9 Å². The first kappa shape index (κ1) is 14.3. The third-order valence-corrected chi connectivity index (χ3v) is 5.41. The largest absolute Gasteiger partial charge is 0.449 e. The second-order valence-electron chi connectivity index (χ2n) is 6.41. The van der Waals surface area contributed by atoms with Crippen LogP contribution in [0.15, 0.2) is 23.0 Å². The average molecular weight is 319 g/mol. The van der Waals surface area contributed by atoms with Crippen LogP contribution in [0.4, 0.5) is 4.79 Å². The maximum Gasteiger partial charge on any atom is 0.404 e. The van der Waals surface area contributed by atoms with Gasteiger partial charge in [-0.25, -0.2) is 4.79 Å². The molecule has 0 aromatic rings. The van der Waals surface area contributed by atoms with Gasteiger partial charge in [0.15, 0.2) is 5.72 Å². The standard InChI is InChI=1S/C15H17N3O5/c1-22-15-7-2-6(7)4-18(15)12-10(19)3-9(16)13(20)11(12)8(15)5-23-14(17)21/h3,6-8H,2,4-5,16H2,1H3,(H2,17,21)/t6-,7-,8+,15-/m0/s1. The van der Waals surface area contributed by atoms with Gasteiger partial charge in [0, 0.05) is 31.2 Å². The number of ketones is 2. The lowest BCUT2D eigenvalue weighted by atomic mass is 9.83. The summed E-state index contributed by atoms with van der Waals surface area (Å²) in [5.41, 5.74) is 10.4. The highest BCUT2D eigenvalue weighted by molar-refractivity contribution is 6.23. The number of Topliss-reactive ketones (excluding diaryl/α,β-unsaturated/α-hetero) is 1. The predicted octanol–water partition coefficient (Wildman–Crippen LogP) is -0.746. The normalized spacial score (nSPS) is 37.3. The van der Waals surface area contributed by atoms with E-state index >= 15 is 0 Å². The summed E-state index contributed by atoms with van der Waals surface area (Å²) in [6, 6.07) is 0. The van der Waals surface area contributed by atoms with E-state index < -0.39 is 23.5 Å². The Morgan fingerprint density at radius 2 is 2.22 bits per heavy atom. The van der Waals surface area contributed by atoms with Gasteiger partial charge < -0.3 is 25.8 Å². The molecule has 4 atom stereocenters. The van der Waals surface area contributed by atoms with Crippen molar-refractivity contribution in [2.75, 3.05) is 20.3 Å². The smallest absolute Gasteiger partial charge is 0.404 e. The number of fused-ring (bicyclic) bond motifs is 4. The fraction of sp³-hybridized carbons (Fsp3) is 0.533. The molecule has 4 N–H and O–H groups in total. The number of methoxy groups -OCH3 is 1. The van der Waals surface area contributed by atoms with Gasteiger partial charge in [0.2, 0.25) is 11.6 Å². The first-order valence-corrected chi connectivity index (χ1v) is 7.47. The number of amides is 1. The van der Waals surface area contributed by atoms with E-state index in [-0.39, 0.29) is 29.6 Å². The molecule has 1 saturated heterocycles. The molecule has 2 heterocycles. The minimum atomic E-state index is -0.930. The molecule has 0 radical (unpaired) electrons. The Hall–Kier alpha value is -2.35. The zero-order valence-corrected chi connectivity index (χ0v) is 12.6. The van der Waals surface area contributed by atoms with Gasteiger partial charge in [0.1, 0.15) is 6.61 Å². The highest BCUT2D eigenvalue weighted by Crippen LogP contribution is 2.64. The Balaban J connectivity index is 1.83. The number of primary amides is 1. The van der Waals surface area contributed by atoms with E-state index in [0.717, 1.165) is 12.5 Å². The van der Waals surface area contributed by atoms with Gasteiger partial charge in [0.05, 0.1) is 17.3 Å². The number of carbonyl (C=O) groups excluding carboxylic acids is 3. The molecule has 23 heavy (non-hydrogen) atoms. The Labute approximate surface area is 132 Å². The van der Waals surface area contributed by atoms with E-state index in [1.54, 1.807) is 7.11 Å². The predicted molar refractivity (Wildman–Crippen MR) is 76.4 cm³/mol. The van der Waals surface area contributed by atoms with Crippen LogP contribution in [0.3, 0.4) is 0 Å². The van der Waals surface area contributed by atoms with Crippen LogP contribution in [-0.4, -0.2) is 48.5 Å². The van der Waals surface area contributed by atoms with Crippen LogP contribution in [0.2, 0.25) is 0 Å². The zero-order valence-electron chi connectivity index (χ0n) is 12.6. The van der Waals surface area contributed by atoms with Gasteiger partial charge >= 0.3 is 6.09 Å². The van der Waals surface area contributed by atoms with Gasteiger partial charge in [-0.2, -0.15) is 0 Å². The quantitative estimate of drug-likeness (QED) is 0.656. The van der Waals surface area contributed by atoms with E-state index in [1.165, 1.54) is 0 Å². The summed E-state index contributed by atoms with van der Waals surface area (Å²) in [6.07, 6.45) is 1.19. The first-order chi connectivity index (χ1) is 10.9. The van der Waals surface area contributed by atoms with E-state index in [9.17, 15) is 14.4 Å². The summed E-state index contributed by atoms with van der Waals surface area (Å²) < 4.78 is 10.8. The number of allylic oxidation sites excluding steroid dienone is 2. The highest BCUT2D eigenvalue weighted by Gasteiger charge is 2.72. The third-order valence-electron chi connectivity index (χ3n) is 5.41. The molecule has 4 aliphatic rings. The molecule has 1 amide bonds. The number of piperidine rings is 1. The molecule has 1 saturated carbocycles. The van der Waals surface area contributed by atoms with Crippen molar-refractivity contribution in [3.8, 4) is 0 Å². The fourth-order valence-electron chi connectivity index (χ4n) is 4.50. The Kier molecular flexibility index (Phi) is 2.69. The van der Waals surface area contributed by atoms with Crippen LogP contribution < -0.4 is 11.5 Å². The van der Waals surface area contributed by atoms with Gasteiger partial charge in [-0.05, 0) is 12.3 Å². The molecule has 2 aliphatic carbocycles. The molecule has 0 bridgehead atoms. The van der Waals surface area contributed by atoms with E-state index in [0.29, 0.717) is 18.2 Å². The van der Waals surface area contributed by atoms with Crippen LogP contribution in [-0.2, 0) is 19.1 Å². The summed E-state index contributed by atoms with van der Waals surface area (Å²) in [7, 11) is 1.55. The summed E-state index contributed by atoms with van der Waals surface area (Å²) in [5.74, 6) is -0.661. The maximum absolute atomic E-state index is 12.6. The van der Waals surface area contributed by atoms with Crippen molar-refractivity contribution in [3.05, 3.63) is 23.0 Å². The lowest BCUT2D eigenvalue weighted by molar-refractivity contribution is -0.146. The molecule has 2 aliphatic heterocycles. The van der Waals surface area contributed by atoms with Gasteiger partial charge in [0.25, 0.3) is 0 Å². The Morgan fingerprint density at radius 1 is 1.48 bits per heavy atom. The minimum absolute atomic E-state index is 0.0994. The molecular weight excluding hydrogens is 302 g/mol. The van der Waals surface area contributed by atoms with Gasteiger partial charge in [-0.15, -0.1) is 0 Å². The Bertz CT molecular complexity index is 712. The number of carbonyl (C=O) groups is 3. The van der Waals surface area contributed by atoms with Crippen LogP contribution in [0.1, 0.15) is 6.42 Å². The van der Waals surface area contributed by atoms with Crippen molar-refractivity contribution in [1.82, 2.24) is 4.90 Å². The molecule has 122 valence electrons. The Morgan fingerprint density at radius 3 is 2.87 bits per heavy atom. The van der Waals surface area contributed by atoms with Crippen molar-refractivity contribution >= 4 is 17.7 Å². The van der Waals surface area contributed by atoms with Gasteiger partial charge in [-0.3, -0.25) is 9.59 Å². The third kappa shape index (κ3) is 1.61. The second-order valence-corrected chi connectivity index (χ2v) is 6.41. The number of hydrogen-bond donors (Lipinski definition) is 2. The first-order valence-electron chi connectivity index (χ1n) is 7.47. The van der Waals surface area contributed by atoms with Crippen LogP contribution in [0.25, 0.3) is 0 Å². The maximum atomic E-state index is 12.6. The van der Waals surface area contributed by atoms with Crippen LogP contribution >= 0.6 is 0 Å². The van der Waals surface area contributed by atoms with E-state index in [1.807, 2.05) is 4.90 Å². The number of nitrogens with zero attached hydrogens (tertiary/aromatic N) is 1. The van der Waals surface area contributed by atoms with Crippen molar-refractivity contribution in [2.24, 2.45) is 29.2 Å². The SMILES string of the molecule is CO[C@@]12[C@H](COC(N)=O)C3=C(C(=O)C=C(N)C3=O)N1C[C@@H]1C[C@@H]12. The lowest BCUT2D eigenvalue weighted by Gasteiger charge is -2.40. The average Bonchev–Trinajstić information content (AvgIpc) is 3.10. The van der Waals surface area contributed by atoms with Crippen molar-refractivity contribution in [1.29, 1.82) is 0 Å². The van der Waals surface area contributed by atoms with Gasteiger partial charge in [-0.1, -0.05) is 0 Å². The highest BCUT2D eigenvalue weighted by atomic mass is 16.6. The van der Waals surface area contributed by atoms with E-state index in [4.69, 9.17) is 20.9 Å². The minimum Gasteiger partial charge on any atom is -0.449 e. The molecule has 8 nitrogen and oxygen atoms in total. The molecule has 4 rings (SSSR count). The summed E-state index contributed by atoms with van der Waals surface area (Å²) in [5, 5.41) is 0. The van der Waals surface area contributed by atoms with Crippen molar-refractivity contribution in [3.63, 3.8) is 0 Å². The number of hydrogen-bond acceptors (Lipinski definition) is 7. The topological polar surface area (TPSA) is 125 Å². The fourth-order valence-corrected chi connectivity index (χ4v) is 4.50. The summed E-state index contributed by atoms with van der Waals surface area (Å²) in [6.45, 7) is 0.533. The lowest BCUT2D eigenvalue weighted by Crippen LogP contribution is -2.51. The molecular formula is C15H17N3O5. The molecule has 0 aromatic carbocycles. The molecule has 8 heteroatoms. The number of rotatable bonds is 3. The van der Waals surface area contributed by atoms with Crippen molar-refractivity contribution in [2.45, 2.75) is 12.1 Å². The second kappa shape index (κ2) is 4.35. The molecule has 2 fully saturated rings. The zero-order chi connectivity index (χ0) is 16.5.